The molecule has 2 aromatic carbocycles. The summed E-state index contributed by atoms with van der Waals surface area (Å²) in [7, 11) is 0. The van der Waals surface area contributed by atoms with Crippen LogP contribution >= 0.6 is 0 Å². The average Bonchev–Trinajstić information content (AvgIpc) is 2.45. The SMILES string of the molecule is CCc1cccc(OCC(N)c2ccc(C)cc2C)c1. The van der Waals surface area contributed by atoms with Gasteiger partial charge in [0, 0.05) is 0 Å². The molecule has 0 heterocycles. The summed E-state index contributed by atoms with van der Waals surface area (Å²) in [5.41, 5.74) is 11.2. The fraction of sp³-hybridized carbons (Fsp3) is 0.333. The van der Waals surface area contributed by atoms with Crippen LogP contribution in [-0.4, -0.2) is 6.61 Å². The van der Waals surface area contributed by atoms with E-state index in [2.05, 4.69) is 51.1 Å². The Bertz CT molecular complexity index is 577. The Balaban J connectivity index is 2.02. The lowest BCUT2D eigenvalue weighted by Crippen LogP contribution is -2.20. The molecule has 0 bridgehead atoms. The molecule has 0 aromatic heterocycles. The monoisotopic (exact) mass is 269 g/mol. The van der Waals surface area contributed by atoms with Crippen LogP contribution in [0, 0.1) is 13.8 Å². The Hall–Kier alpha value is -1.80. The zero-order valence-electron chi connectivity index (χ0n) is 12.5. The van der Waals surface area contributed by atoms with Crippen LogP contribution in [-0.2, 0) is 6.42 Å². The highest BCUT2D eigenvalue weighted by molar-refractivity contribution is 5.33. The van der Waals surface area contributed by atoms with Crippen LogP contribution in [0.4, 0.5) is 0 Å². The molecule has 1 atom stereocenters. The van der Waals surface area contributed by atoms with Crippen molar-refractivity contribution in [1.29, 1.82) is 0 Å². The Kier molecular flexibility index (Phi) is 4.80. The quantitative estimate of drug-likeness (QED) is 0.892. The standard InChI is InChI=1S/C18H23NO/c1-4-15-6-5-7-16(11-15)20-12-18(19)17-9-8-13(2)10-14(17)3/h5-11,18H,4,12,19H2,1-3H3. The Morgan fingerprint density at radius 2 is 1.90 bits per heavy atom. The maximum Gasteiger partial charge on any atom is 0.119 e. The summed E-state index contributed by atoms with van der Waals surface area (Å²) in [6.07, 6.45) is 1.01. The van der Waals surface area contributed by atoms with E-state index in [1.165, 1.54) is 16.7 Å². The summed E-state index contributed by atoms with van der Waals surface area (Å²) in [6, 6.07) is 14.4. The van der Waals surface area contributed by atoms with Crippen LogP contribution < -0.4 is 10.5 Å². The van der Waals surface area contributed by atoms with Crippen molar-refractivity contribution in [2.75, 3.05) is 6.61 Å². The summed E-state index contributed by atoms with van der Waals surface area (Å²) in [5, 5.41) is 0. The van der Waals surface area contributed by atoms with E-state index in [0.717, 1.165) is 17.7 Å². The van der Waals surface area contributed by atoms with Gasteiger partial charge in [-0.2, -0.15) is 0 Å². The lowest BCUT2D eigenvalue weighted by atomic mass is 10.0. The van der Waals surface area contributed by atoms with Gasteiger partial charge in [0.15, 0.2) is 0 Å². The van der Waals surface area contributed by atoms with Crippen molar-refractivity contribution in [2.45, 2.75) is 33.2 Å². The lowest BCUT2D eigenvalue weighted by Gasteiger charge is -2.16. The number of hydrogen-bond acceptors (Lipinski definition) is 2. The molecule has 0 fully saturated rings. The fourth-order valence-electron chi connectivity index (χ4n) is 2.37. The van der Waals surface area contributed by atoms with Crippen molar-refractivity contribution < 1.29 is 4.74 Å². The molecule has 0 spiro atoms. The summed E-state index contributed by atoms with van der Waals surface area (Å²) < 4.78 is 5.82. The second-order valence-electron chi connectivity index (χ2n) is 5.28. The van der Waals surface area contributed by atoms with Gasteiger partial charge >= 0.3 is 0 Å². The van der Waals surface area contributed by atoms with E-state index >= 15 is 0 Å². The first kappa shape index (κ1) is 14.6. The van der Waals surface area contributed by atoms with Gasteiger partial charge in [0.05, 0.1) is 6.04 Å². The summed E-state index contributed by atoms with van der Waals surface area (Å²) in [6.45, 7) is 6.83. The van der Waals surface area contributed by atoms with Gasteiger partial charge in [-0.25, -0.2) is 0 Å². The van der Waals surface area contributed by atoms with Gasteiger partial charge in [0.25, 0.3) is 0 Å². The Morgan fingerprint density at radius 1 is 1.10 bits per heavy atom. The van der Waals surface area contributed by atoms with Gasteiger partial charge in [-0.15, -0.1) is 0 Å². The third-order valence-corrected chi connectivity index (χ3v) is 3.56. The van der Waals surface area contributed by atoms with Gasteiger partial charge < -0.3 is 10.5 Å². The van der Waals surface area contributed by atoms with Crippen molar-refractivity contribution >= 4 is 0 Å². The van der Waals surface area contributed by atoms with Crippen molar-refractivity contribution in [3.8, 4) is 5.75 Å². The van der Waals surface area contributed by atoms with Crippen molar-refractivity contribution in [3.63, 3.8) is 0 Å². The Morgan fingerprint density at radius 3 is 2.60 bits per heavy atom. The van der Waals surface area contributed by atoms with Crippen molar-refractivity contribution in [1.82, 2.24) is 0 Å². The predicted molar refractivity (Wildman–Crippen MR) is 84.2 cm³/mol. The fourth-order valence-corrected chi connectivity index (χ4v) is 2.37. The van der Waals surface area contributed by atoms with Crippen LogP contribution in [0.25, 0.3) is 0 Å². The van der Waals surface area contributed by atoms with Crippen molar-refractivity contribution in [3.05, 3.63) is 64.7 Å². The minimum Gasteiger partial charge on any atom is -0.492 e. The predicted octanol–water partition coefficient (Wildman–Crippen LogP) is 3.94. The molecule has 2 N–H and O–H groups in total. The van der Waals surface area contributed by atoms with Crippen LogP contribution in [0.1, 0.15) is 35.2 Å². The third-order valence-electron chi connectivity index (χ3n) is 3.56. The Labute approximate surface area is 121 Å². The molecular formula is C18H23NO. The highest BCUT2D eigenvalue weighted by Crippen LogP contribution is 2.20. The molecule has 0 aliphatic heterocycles. The molecule has 0 aliphatic carbocycles. The minimum absolute atomic E-state index is 0.0964. The largest absolute Gasteiger partial charge is 0.492 e. The van der Waals surface area contributed by atoms with E-state index in [0.29, 0.717) is 6.61 Å². The normalized spacial score (nSPS) is 12.2. The molecular weight excluding hydrogens is 246 g/mol. The summed E-state index contributed by atoms with van der Waals surface area (Å²) in [4.78, 5) is 0. The first-order valence-corrected chi connectivity index (χ1v) is 7.14. The molecule has 0 amide bonds. The van der Waals surface area contributed by atoms with Crippen LogP contribution in [0.15, 0.2) is 42.5 Å². The first-order chi connectivity index (χ1) is 9.60. The highest BCUT2D eigenvalue weighted by Gasteiger charge is 2.10. The second-order valence-corrected chi connectivity index (χ2v) is 5.28. The number of rotatable bonds is 5. The van der Waals surface area contributed by atoms with Crippen molar-refractivity contribution in [2.24, 2.45) is 5.73 Å². The average molecular weight is 269 g/mol. The van der Waals surface area contributed by atoms with E-state index < -0.39 is 0 Å². The van der Waals surface area contributed by atoms with Gasteiger partial charge in [0.1, 0.15) is 12.4 Å². The highest BCUT2D eigenvalue weighted by atomic mass is 16.5. The zero-order valence-corrected chi connectivity index (χ0v) is 12.5. The molecule has 0 aliphatic rings. The van der Waals surface area contributed by atoms with Crippen LogP contribution in [0.3, 0.4) is 0 Å². The molecule has 2 nitrogen and oxygen atoms in total. The number of benzene rings is 2. The molecule has 2 rings (SSSR count). The minimum atomic E-state index is -0.0964. The third kappa shape index (κ3) is 3.61. The molecule has 2 aromatic rings. The van der Waals surface area contributed by atoms with E-state index in [-0.39, 0.29) is 6.04 Å². The van der Waals surface area contributed by atoms with Crippen LogP contribution in [0.2, 0.25) is 0 Å². The summed E-state index contributed by atoms with van der Waals surface area (Å²) >= 11 is 0. The molecule has 0 radical (unpaired) electrons. The van der Waals surface area contributed by atoms with E-state index in [1.54, 1.807) is 0 Å². The van der Waals surface area contributed by atoms with Gasteiger partial charge in [-0.05, 0) is 49.1 Å². The molecule has 106 valence electrons. The van der Waals surface area contributed by atoms with Gasteiger partial charge in [0.2, 0.25) is 0 Å². The molecule has 0 saturated heterocycles. The molecule has 1 unspecified atom stereocenters. The van der Waals surface area contributed by atoms with Crippen LogP contribution in [0.5, 0.6) is 5.75 Å². The number of hydrogen-bond donors (Lipinski definition) is 1. The van der Waals surface area contributed by atoms with E-state index in [4.69, 9.17) is 10.5 Å². The maximum absolute atomic E-state index is 6.24. The topological polar surface area (TPSA) is 35.2 Å². The molecule has 2 heteroatoms. The molecule has 0 saturated carbocycles. The number of aryl methyl sites for hydroxylation is 3. The van der Waals surface area contributed by atoms with E-state index in [1.807, 2.05) is 12.1 Å². The van der Waals surface area contributed by atoms with Gasteiger partial charge in [-0.3, -0.25) is 0 Å². The second kappa shape index (κ2) is 6.58. The number of ether oxygens (including phenoxy) is 1. The smallest absolute Gasteiger partial charge is 0.119 e. The lowest BCUT2D eigenvalue weighted by molar-refractivity contribution is 0.290. The first-order valence-electron chi connectivity index (χ1n) is 7.14. The van der Waals surface area contributed by atoms with E-state index in [9.17, 15) is 0 Å². The van der Waals surface area contributed by atoms with Gasteiger partial charge in [-0.1, -0.05) is 42.8 Å². The number of nitrogens with two attached hydrogens (primary N) is 1. The zero-order chi connectivity index (χ0) is 14.5. The maximum atomic E-state index is 6.24. The molecule has 20 heavy (non-hydrogen) atoms. The summed E-state index contributed by atoms with van der Waals surface area (Å²) in [5.74, 6) is 0.893.